The second kappa shape index (κ2) is 7.19. The molecule has 22 heavy (non-hydrogen) atoms. The molecule has 0 atom stereocenters. The minimum atomic E-state index is -3.79. The van der Waals surface area contributed by atoms with Crippen LogP contribution in [0.3, 0.4) is 0 Å². The van der Waals surface area contributed by atoms with Gasteiger partial charge in [-0.15, -0.1) is 11.3 Å². The maximum Gasteiger partial charge on any atom is 0.349 e. The van der Waals surface area contributed by atoms with E-state index in [0.29, 0.717) is 11.9 Å². The van der Waals surface area contributed by atoms with Crippen molar-refractivity contribution in [1.29, 1.82) is 0 Å². The van der Waals surface area contributed by atoms with Gasteiger partial charge in [0.25, 0.3) is 0 Å². The smallest absolute Gasteiger partial charge is 0.349 e. The van der Waals surface area contributed by atoms with Gasteiger partial charge in [0.15, 0.2) is 0 Å². The lowest BCUT2D eigenvalue weighted by Gasteiger charge is -2.08. The minimum absolute atomic E-state index is 0.00329. The third kappa shape index (κ3) is 3.46. The number of benzene rings is 1. The van der Waals surface area contributed by atoms with Gasteiger partial charge < -0.3 is 10.1 Å². The molecule has 1 aromatic heterocycles. The van der Waals surface area contributed by atoms with Gasteiger partial charge in [-0.3, -0.25) is 0 Å². The number of hydrogen-bond acceptors (Lipinski definition) is 6. The van der Waals surface area contributed by atoms with E-state index in [1.807, 2.05) is 6.92 Å². The predicted octanol–water partition coefficient (Wildman–Crippen LogP) is 1.58. The Bertz CT molecular complexity index is 768. The van der Waals surface area contributed by atoms with E-state index in [-0.39, 0.29) is 16.3 Å². The monoisotopic (exact) mass is 342 g/mol. The van der Waals surface area contributed by atoms with Crippen molar-refractivity contribution in [3.05, 3.63) is 29.1 Å². The van der Waals surface area contributed by atoms with Crippen LogP contribution in [0.5, 0.6) is 0 Å². The zero-order chi connectivity index (χ0) is 16.2. The van der Waals surface area contributed by atoms with Crippen LogP contribution in [-0.4, -0.2) is 41.1 Å². The zero-order valence-corrected chi connectivity index (χ0v) is 14.0. The Morgan fingerprint density at radius 3 is 2.68 bits per heavy atom. The van der Waals surface area contributed by atoms with Crippen molar-refractivity contribution < 1.29 is 17.9 Å². The van der Waals surface area contributed by atoms with E-state index in [1.165, 1.54) is 7.11 Å². The van der Waals surface area contributed by atoms with Gasteiger partial charge in [-0.2, -0.15) is 0 Å². The molecule has 0 amide bonds. The highest BCUT2D eigenvalue weighted by atomic mass is 32.2. The topological polar surface area (TPSA) is 84.5 Å². The number of ether oxygens (including phenoxy) is 1. The van der Waals surface area contributed by atoms with Crippen molar-refractivity contribution in [2.24, 2.45) is 0 Å². The first-order valence-electron chi connectivity index (χ1n) is 6.81. The highest BCUT2D eigenvalue weighted by Gasteiger charge is 2.28. The zero-order valence-electron chi connectivity index (χ0n) is 12.4. The molecule has 0 unspecified atom stereocenters. The molecule has 0 saturated heterocycles. The number of carbonyl (C=O) groups excluding carboxylic acids is 1. The summed E-state index contributed by atoms with van der Waals surface area (Å²) in [7, 11) is -2.55. The first-order valence-corrected chi connectivity index (χ1v) is 9.11. The van der Waals surface area contributed by atoms with Gasteiger partial charge in [0.2, 0.25) is 10.0 Å². The lowest BCUT2D eigenvalue weighted by atomic mass is 10.2. The van der Waals surface area contributed by atoms with E-state index >= 15 is 0 Å². The Kier molecular flexibility index (Phi) is 5.52. The van der Waals surface area contributed by atoms with Crippen molar-refractivity contribution >= 4 is 37.4 Å². The molecule has 0 saturated carbocycles. The van der Waals surface area contributed by atoms with Crippen LogP contribution >= 0.6 is 11.3 Å². The number of carbonyl (C=O) groups is 1. The average Bonchev–Trinajstić information content (AvgIpc) is 2.91. The summed E-state index contributed by atoms with van der Waals surface area (Å²) < 4.78 is 33.1. The van der Waals surface area contributed by atoms with Crippen LogP contribution in [0, 0.1) is 0 Å². The fraction of sp³-hybridized carbons (Fsp3) is 0.357. The lowest BCUT2D eigenvalue weighted by molar-refractivity contribution is 0.0602. The first-order chi connectivity index (χ1) is 10.5. The highest BCUT2D eigenvalue weighted by Crippen LogP contribution is 2.34. The molecule has 8 heteroatoms. The molecule has 2 N–H and O–H groups in total. The Morgan fingerprint density at radius 1 is 1.27 bits per heavy atom. The summed E-state index contributed by atoms with van der Waals surface area (Å²) in [4.78, 5) is 12.0. The molecule has 120 valence electrons. The molecule has 6 nitrogen and oxygen atoms in total. The molecule has 0 aliphatic carbocycles. The van der Waals surface area contributed by atoms with Crippen LogP contribution in [0.2, 0.25) is 0 Å². The van der Waals surface area contributed by atoms with Gasteiger partial charge >= 0.3 is 5.97 Å². The molecule has 0 aliphatic heterocycles. The van der Waals surface area contributed by atoms with Crippen molar-refractivity contribution in [3.8, 4) is 0 Å². The van der Waals surface area contributed by atoms with Crippen molar-refractivity contribution in [2.45, 2.75) is 11.8 Å². The standard InChI is InChI=1S/C14H18N2O4S2/c1-3-15-8-9-16-22(18,19)13-10-6-4-5-7-11(10)21-12(13)14(17)20-2/h4-7,15-16H,3,8-9H2,1-2H3. The number of rotatable bonds is 7. The number of fused-ring (bicyclic) bond motifs is 1. The first kappa shape index (κ1) is 16.9. The van der Waals surface area contributed by atoms with Gasteiger partial charge in [-0.1, -0.05) is 25.1 Å². The molecule has 1 heterocycles. The van der Waals surface area contributed by atoms with Crippen LogP contribution in [0.15, 0.2) is 29.2 Å². The number of sulfonamides is 1. The van der Waals surface area contributed by atoms with Crippen LogP contribution in [-0.2, 0) is 14.8 Å². The summed E-state index contributed by atoms with van der Waals surface area (Å²) in [6.45, 7) is 3.47. The van der Waals surface area contributed by atoms with Gasteiger partial charge in [0.1, 0.15) is 9.77 Å². The third-order valence-electron chi connectivity index (χ3n) is 3.03. The van der Waals surface area contributed by atoms with Crippen LogP contribution in [0.25, 0.3) is 10.1 Å². The van der Waals surface area contributed by atoms with Crippen molar-refractivity contribution in [1.82, 2.24) is 10.0 Å². The molecule has 2 aromatic rings. The van der Waals surface area contributed by atoms with E-state index in [1.54, 1.807) is 24.3 Å². The fourth-order valence-electron chi connectivity index (χ4n) is 2.04. The number of likely N-dealkylation sites (N-methyl/N-ethyl adjacent to an activating group) is 1. The summed E-state index contributed by atoms with van der Waals surface area (Å²) in [6.07, 6.45) is 0. The number of methoxy groups -OCH3 is 1. The largest absolute Gasteiger partial charge is 0.465 e. The molecule has 0 aliphatic rings. The summed E-state index contributed by atoms with van der Waals surface area (Å²) >= 11 is 1.12. The van der Waals surface area contributed by atoms with Gasteiger partial charge in [0, 0.05) is 23.2 Å². The fourth-order valence-corrected chi connectivity index (χ4v) is 4.88. The van der Waals surface area contributed by atoms with Crippen molar-refractivity contribution in [2.75, 3.05) is 26.7 Å². The summed E-state index contributed by atoms with van der Waals surface area (Å²) in [5.41, 5.74) is 0. The second-order valence-electron chi connectivity index (χ2n) is 4.50. The minimum Gasteiger partial charge on any atom is -0.465 e. The third-order valence-corrected chi connectivity index (χ3v) is 5.86. The predicted molar refractivity (Wildman–Crippen MR) is 86.9 cm³/mol. The maximum absolute atomic E-state index is 12.6. The maximum atomic E-state index is 12.6. The van der Waals surface area contributed by atoms with Crippen LogP contribution in [0.1, 0.15) is 16.6 Å². The van der Waals surface area contributed by atoms with Gasteiger partial charge in [-0.25, -0.2) is 17.9 Å². The molecule has 0 fully saturated rings. The van der Waals surface area contributed by atoms with E-state index < -0.39 is 16.0 Å². The van der Waals surface area contributed by atoms with E-state index in [0.717, 1.165) is 22.6 Å². The SMILES string of the molecule is CCNCCNS(=O)(=O)c1c(C(=O)OC)sc2ccccc12. The molecule has 0 radical (unpaired) electrons. The number of thiophene rings is 1. The van der Waals surface area contributed by atoms with E-state index in [2.05, 4.69) is 10.0 Å². The lowest BCUT2D eigenvalue weighted by Crippen LogP contribution is -2.32. The molecular weight excluding hydrogens is 324 g/mol. The molecule has 2 rings (SSSR count). The average molecular weight is 342 g/mol. The second-order valence-corrected chi connectivity index (χ2v) is 7.26. The summed E-state index contributed by atoms with van der Waals surface area (Å²) in [5.74, 6) is -0.645. The summed E-state index contributed by atoms with van der Waals surface area (Å²) in [5, 5.41) is 3.57. The number of hydrogen-bond donors (Lipinski definition) is 2. The quantitative estimate of drug-likeness (QED) is 0.589. The molecular formula is C14H18N2O4S2. The van der Waals surface area contributed by atoms with Gasteiger partial charge in [-0.05, 0) is 12.6 Å². The van der Waals surface area contributed by atoms with E-state index in [9.17, 15) is 13.2 Å². The Labute approximate surface area is 133 Å². The Hall–Kier alpha value is -1.48. The number of esters is 1. The number of nitrogens with one attached hydrogen (secondary N) is 2. The molecule has 1 aromatic carbocycles. The van der Waals surface area contributed by atoms with Crippen LogP contribution in [0.4, 0.5) is 0 Å². The highest BCUT2D eigenvalue weighted by molar-refractivity contribution is 7.90. The van der Waals surface area contributed by atoms with Crippen molar-refractivity contribution in [3.63, 3.8) is 0 Å². The summed E-state index contributed by atoms with van der Waals surface area (Å²) in [6, 6.07) is 7.02. The Balaban J connectivity index is 2.45. The van der Waals surface area contributed by atoms with E-state index in [4.69, 9.17) is 4.74 Å². The Morgan fingerprint density at radius 2 is 2.00 bits per heavy atom. The van der Waals surface area contributed by atoms with Gasteiger partial charge in [0.05, 0.1) is 7.11 Å². The molecule has 0 spiro atoms. The molecule has 0 bridgehead atoms. The van der Waals surface area contributed by atoms with Crippen LogP contribution < -0.4 is 10.0 Å². The normalized spacial score (nSPS) is 11.7.